The Balaban J connectivity index is 2.57. The Labute approximate surface area is 79.9 Å². The molecule has 1 aromatic carbocycles. The van der Waals surface area contributed by atoms with Crippen LogP contribution in [0.2, 0.25) is 5.02 Å². The minimum atomic E-state index is -0.762. The molecule has 1 aromatic rings. The molecule has 0 aliphatic carbocycles. The van der Waals surface area contributed by atoms with E-state index in [0.717, 1.165) is 0 Å². The van der Waals surface area contributed by atoms with E-state index in [0.29, 0.717) is 5.56 Å². The first-order chi connectivity index (χ1) is 6.11. The fourth-order valence-electron chi connectivity index (χ4n) is 1.40. The molecule has 13 heavy (non-hydrogen) atoms. The number of aliphatic hydroxyl groups is 1. The van der Waals surface area contributed by atoms with Crippen molar-refractivity contribution in [1.29, 1.82) is 0 Å². The highest BCUT2D eigenvalue weighted by molar-refractivity contribution is 6.30. The fourth-order valence-corrected chi connectivity index (χ4v) is 1.55. The molecule has 0 aromatic heterocycles. The largest absolute Gasteiger partial charge is 0.484 e. The predicted octanol–water partition coefficient (Wildman–Crippen LogP) is 2.29. The summed E-state index contributed by atoms with van der Waals surface area (Å²) in [5.74, 6) is -0.518. The third-order valence-electron chi connectivity index (χ3n) is 2.15. The number of fused-ring (bicyclic) bond motifs is 1. The highest BCUT2D eigenvalue weighted by Gasteiger charge is 2.32. The molecule has 0 saturated carbocycles. The molecular formula is C9H8ClFO2. The van der Waals surface area contributed by atoms with Gasteiger partial charge in [0.1, 0.15) is 12.2 Å². The lowest BCUT2D eigenvalue weighted by molar-refractivity contribution is 0.0783. The van der Waals surface area contributed by atoms with Crippen LogP contribution in [0, 0.1) is 5.82 Å². The maximum Gasteiger partial charge on any atom is 0.184 e. The van der Waals surface area contributed by atoms with E-state index in [-0.39, 0.29) is 10.8 Å². The minimum absolute atomic E-state index is 0.0139. The van der Waals surface area contributed by atoms with E-state index in [1.54, 1.807) is 13.0 Å². The summed E-state index contributed by atoms with van der Waals surface area (Å²) in [6.07, 6.45) is -1.18. The summed E-state index contributed by atoms with van der Waals surface area (Å²) < 4.78 is 18.4. The van der Waals surface area contributed by atoms with Crippen molar-refractivity contribution in [2.75, 3.05) is 0 Å². The standard InChI is InChI=1S/C9H8ClFO2/c1-4-8(12)5-2-3-6(10)7(11)9(5)13-4/h2-4,8,12H,1H3. The van der Waals surface area contributed by atoms with Gasteiger partial charge in [-0.25, -0.2) is 4.39 Å². The number of benzene rings is 1. The van der Waals surface area contributed by atoms with Crippen molar-refractivity contribution in [3.05, 3.63) is 28.5 Å². The summed E-state index contributed by atoms with van der Waals surface area (Å²) in [6, 6.07) is 3.00. The number of aliphatic hydroxyl groups excluding tert-OH is 1. The second kappa shape index (κ2) is 2.86. The average molecular weight is 203 g/mol. The third kappa shape index (κ3) is 1.19. The van der Waals surface area contributed by atoms with Crippen LogP contribution in [0.5, 0.6) is 5.75 Å². The van der Waals surface area contributed by atoms with Gasteiger partial charge in [0.2, 0.25) is 0 Å². The summed E-state index contributed by atoms with van der Waals surface area (Å²) in [7, 11) is 0. The van der Waals surface area contributed by atoms with E-state index in [9.17, 15) is 9.50 Å². The topological polar surface area (TPSA) is 29.5 Å². The Morgan fingerprint density at radius 3 is 2.92 bits per heavy atom. The Bertz CT molecular complexity index is 354. The monoisotopic (exact) mass is 202 g/mol. The first kappa shape index (κ1) is 8.78. The van der Waals surface area contributed by atoms with Crippen molar-refractivity contribution in [3.8, 4) is 5.75 Å². The van der Waals surface area contributed by atoms with E-state index < -0.39 is 18.0 Å². The van der Waals surface area contributed by atoms with E-state index in [1.807, 2.05) is 0 Å². The lowest BCUT2D eigenvalue weighted by atomic mass is 10.1. The van der Waals surface area contributed by atoms with E-state index >= 15 is 0 Å². The SMILES string of the molecule is CC1Oc2c(ccc(Cl)c2F)C1O. The van der Waals surface area contributed by atoms with Gasteiger partial charge in [-0.2, -0.15) is 0 Å². The van der Waals surface area contributed by atoms with Crippen LogP contribution in [0.1, 0.15) is 18.6 Å². The highest BCUT2D eigenvalue weighted by Crippen LogP contribution is 2.40. The summed E-state index contributed by atoms with van der Waals surface area (Å²) in [5, 5.41) is 9.54. The summed E-state index contributed by atoms with van der Waals surface area (Å²) in [5.41, 5.74) is 0.467. The van der Waals surface area contributed by atoms with E-state index in [4.69, 9.17) is 16.3 Å². The van der Waals surface area contributed by atoms with Crippen LogP contribution in [0.3, 0.4) is 0 Å². The molecule has 1 aliphatic rings. The normalized spacial score (nSPS) is 25.5. The average Bonchev–Trinajstić information content (AvgIpc) is 2.38. The first-order valence-corrected chi connectivity index (χ1v) is 4.31. The molecule has 0 radical (unpaired) electrons. The van der Waals surface area contributed by atoms with Gasteiger partial charge in [0, 0.05) is 5.56 Å². The van der Waals surface area contributed by atoms with Gasteiger partial charge in [0.25, 0.3) is 0 Å². The van der Waals surface area contributed by atoms with E-state index in [1.165, 1.54) is 6.07 Å². The lowest BCUT2D eigenvalue weighted by Gasteiger charge is -2.06. The third-order valence-corrected chi connectivity index (χ3v) is 2.44. The Morgan fingerprint density at radius 1 is 1.54 bits per heavy atom. The zero-order valence-corrected chi connectivity index (χ0v) is 7.68. The molecule has 70 valence electrons. The fraction of sp³-hybridized carbons (Fsp3) is 0.333. The molecule has 0 amide bonds. The molecule has 2 nitrogen and oxygen atoms in total. The van der Waals surface area contributed by atoms with Gasteiger partial charge < -0.3 is 9.84 Å². The summed E-state index contributed by atoms with van der Waals surface area (Å²) >= 11 is 5.55. The number of hydrogen-bond donors (Lipinski definition) is 1. The Kier molecular flexibility index (Phi) is 1.93. The Hall–Kier alpha value is -0.800. The van der Waals surface area contributed by atoms with Crippen molar-refractivity contribution >= 4 is 11.6 Å². The lowest BCUT2D eigenvalue weighted by Crippen LogP contribution is -2.12. The van der Waals surface area contributed by atoms with Crippen LogP contribution in [0.15, 0.2) is 12.1 Å². The van der Waals surface area contributed by atoms with Gasteiger partial charge in [-0.05, 0) is 13.0 Å². The van der Waals surface area contributed by atoms with Gasteiger partial charge in [-0.15, -0.1) is 0 Å². The van der Waals surface area contributed by atoms with Crippen molar-refractivity contribution in [2.24, 2.45) is 0 Å². The smallest absolute Gasteiger partial charge is 0.184 e. The molecule has 0 fully saturated rings. The summed E-state index contributed by atoms with van der Waals surface area (Å²) in [6.45, 7) is 1.68. The molecule has 2 unspecified atom stereocenters. The molecule has 1 N–H and O–H groups in total. The Morgan fingerprint density at radius 2 is 2.23 bits per heavy atom. The van der Waals surface area contributed by atoms with Gasteiger partial charge in [-0.1, -0.05) is 17.7 Å². The second-order valence-corrected chi connectivity index (χ2v) is 3.45. The van der Waals surface area contributed by atoms with Crippen LogP contribution < -0.4 is 4.74 Å². The van der Waals surface area contributed by atoms with Gasteiger partial charge in [-0.3, -0.25) is 0 Å². The molecule has 0 spiro atoms. The van der Waals surface area contributed by atoms with Crippen molar-refractivity contribution in [3.63, 3.8) is 0 Å². The number of rotatable bonds is 0. The van der Waals surface area contributed by atoms with Crippen molar-refractivity contribution < 1.29 is 14.2 Å². The van der Waals surface area contributed by atoms with E-state index in [2.05, 4.69) is 0 Å². The molecular weight excluding hydrogens is 195 g/mol. The van der Waals surface area contributed by atoms with Crippen LogP contribution >= 0.6 is 11.6 Å². The van der Waals surface area contributed by atoms with Crippen LogP contribution in [-0.4, -0.2) is 11.2 Å². The molecule has 2 rings (SSSR count). The zero-order valence-electron chi connectivity index (χ0n) is 6.92. The first-order valence-electron chi connectivity index (χ1n) is 3.94. The van der Waals surface area contributed by atoms with Gasteiger partial charge in [0.05, 0.1) is 5.02 Å². The maximum absolute atomic E-state index is 13.3. The maximum atomic E-state index is 13.3. The van der Waals surface area contributed by atoms with Gasteiger partial charge >= 0.3 is 0 Å². The zero-order chi connectivity index (χ0) is 9.59. The van der Waals surface area contributed by atoms with Crippen LogP contribution in [0.25, 0.3) is 0 Å². The molecule has 1 aliphatic heterocycles. The second-order valence-electron chi connectivity index (χ2n) is 3.05. The van der Waals surface area contributed by atoms with Crippen molar-refractivity contribution in [2.45, 2.75) is 19.1 Å². The highest BCUT2D eigenvalue weighted by atomic mass is 35.5. The molecule has 0 saturated heterocycles. The quantitative estimate of drug-likeness (QED) is 0.700. The van der Waals surface area contributed by atoms with Crippen LogP contribution in [-0.2, 0) is 0 Å². The van der Waals surface area contributed by atoms with Crippen molar-refractivity contribution in [1.82, 2.24) is 0 Å². The predicted molar refractivity (Wildman–Crippen MR) is 46.5 cm³/mol. The molecule has 0 bridgehead atoms. The summed E-state index contributed by atoms with van der Waals surface area (Å²) in [4.78, 5) is 0. The molecule has 2 atom stereocenters. The van der Waals surface area contributed by atoms with Crippen LogP contribution in [0.4, 0.5) is 4.39 Å². The molecule has 1 heterocycles. The number of halogens is 2. The number of hydrogen-bond acceptors (Lipinski definition) is 2. The molecule has 4 heteroatoms. The minimum Gasteiger partial charge on any atom is -0.484 e. The number of ether oxygens (including phenoxy) is 1. The van der Waals surface area contributed by atoms with Gasteiger partial charge in [0.15, 0.2) is 11.6 Å².